The highest BCUT2D eigenvalue weighted by Gasteiger charge is 2.26. The molecule has 3 heterocycles. The van der Waals surface area contributed by atoms with Crippen molar-refractivity contribution >= 4 is 11.6 Å². The van der Waals surface area contributed by atoms with Crippen LogP contribution in [-0.2, 0) is 0 Å². The lowest BCUT2D eigenvalue weighted by Crippen LogP contribution is -2.35. The maximum absolute atomic E-state index is 13.7. The number of ether oxygens (including phenoxy) is 1. The van der Waals surface area contributed by atoms with Crippen molar-refractivity contribution in [1.29, 1.82) is 0 Å². The van der Waals surface area contributed by atoms with Crippen molar-refractivity contribution in [3.63, 3.8) is 0 Å². The van der Waals surface area contributed by atoms with E-state index in [1.54, 1.807) is 30.1 Å². The Morgan fingerprint density at radius 2 is 1.62 bits per heavy atom. The first-order valence-electron chi connectivity index (χ1n) is 11.3. The predicted octanol–water partition coefficient (Wildman–Crippen LogP) is 4.16. The number of methoxy groups -OCH3 is 1. The number of anilines is 1. The maximum Gasteiger partial charge on any atom is 0.259 e. The Labute approximate surface area is 197 Å². The molecule has 1 saturated heterocycles. The van der Waals surface area contributed by atoms with Crippen molar-refractivity contribution in [1.82, 2.24) is 19.2 Å². The van der Waals surface area contributed by atoms with Gasteiger partial charge in [0.1, 0.15) is 17.1 Å². The van der Waals surface area contributed by atoms with E-state index < -0.39 is 0 Å². The van der Waals surface area contributed by atoms with E-state index in [2.05, 4.69) is 10.00 Å². The van der Waals surface area contributed by atoms with Crippen LogP contribution in [0.3, 0.4) is 0 Å². The number of hydrogen-bond acceptors (Lipinski definition) is 4. The molecule has 0 spiro atoms. The highest BCUT2D eigenvalue weighted by molar-refractivity contribution is 5.97. The van der Waals surface area contributed by atoms with E-state index >= 15 is 0 Å². The molecule has 0 unspecified atom stereocenters. The van der Waals surface area contributed by atoms with Gasteiger partial charge in [-0.2, -0.15) is 5.10 Å². The molecule has 1 aliphatic rings. The van der Waals surface area contributed by atoms with Crippen LogP contribution in [0, 0.1) is 5.82 Å². The number of carbonyl (C=O) groups excluding carboxylic acids is 1. The van der Waals surface area contributed by atoms with Crippen molar-refractivity contribution in [2.45, 2.75) is 6.42 Å². The highest BCUT2D eigenvalue weighted by Crippen LogP contribution is 2.24. The molecule has 174 valence electrons. The number of aromatic nitrogens is 3. The lowest BCUT2D eigenvalue weighted by atomic mass is 10.2. The van der Waals surface area contributed by atoms with Gasteiger partial charge in [-0.25, -0.2) is 9.07 Å². The SMILES string of the molecule is COc1ccc(N2CCCN(C(=O)c3cnn(-c4ccc(F)cc4)c3-n3cccc3)CC2)cc1. The molecule has 34 heavy (non-hydrogen) atoms. The summed E-state index contributed by atoms with van der Waals surface area (Å²) in [7, 11) is 1.66. The summed E-state index contributed by atoms with van der Waals surface area (Å²) in [6.07, 6.45) is 6.22. The summed E-state index contributed by atoms with van der Waals surface area (Å²) in [6.45, 7) is 2.88. The first-order valence-corrected chi connectivity index (χ1v) is 11.3. The molecular formula is C26H26FN5O2. The Morgan fingerprint density at radius 1 is 0.912 bits per heavy atom. The summed E-state index contributed by atoms with van der Waals surface area (Å²) >= 11 is 0. The van der Waals surface area contributed by atoms with Crippen molar-refractivity contribution in [3.05, 3.63) is 90.6 Å². The molecule has 0 saturated carbocycles. The maximum atomic E-state index is 13.7. The third kappa shape index (κ3) is 4.26. The fourth-order valence-corrected chi connectivity index (χ4v) is 4.33. The van der Waals surface area contributed by atoms with Gasteiger partial charge in [0.25, 0.3) is 5.91 Å². The van der Waals surface area contributed by atoms with Gasteiger partial charge in [0.15, 0.2) is 5.82 Å². The average molecular weight is 460 g/mol. The summed E-state index contributed by atoms with van der Waals surface area (Å²) in [6, 6.07) is 17.9. The zero-order chi connectivity index (χ0) is 23.5. The molecule has 1 aliphatic heterocycles. The zero-order valence-electron chi connectivity index (χ0n) is 19.0. The topological polar surface area (TPSA) is 55.5 Å². The van der Waals surface area contributed by atoms with Gasteiger partial charge < -0.3 is 19.1 Å². The largest absolute Gasteiger partial charge is 0.497 e. The molecule has 0 atom stereocenters. The van der Waals surface area contributed by atoms with Crippen LogP contribution in [0.2, 0.25) is 0 Å². The second kappa shape index (κ2) is 9.43. The molecule has 0 radical (unpaired) electrons. The Kier molecular flexibility index (Phi) is 6.03. The standard InChI is InChI=1S/C26H26FN5O2/c1-34-23-11-9-21(10-12-23)29-15-4-16-31(18-17-29)26(33)24-19-28-32(22-7-5-20(27)6-8-22)25(24)30-13-2-3-14-30/h2-3,5-14,19H,4,15-18H2,1H3. The number of carbonyl (C=O) groups is 1. The number of hydrogen-bond donors (Lipinski definition) is 0. The van der Waals surface area contributed by atoms with Crippen LogP contribution in [0.25, 0.3) is 11.5 Å². The Balaban J connectivity index is 1.40. The number of amides is 1. The highest BCUT2D eigenvalue weighted by atomic mass is 19.1. The third-order valence-corrected chi connectivity index (χ3v) is 6.12. The molecular weight excluding hydrogens is 433 g/mol. The van der Waals surface area contributed by atoms with Crippen LogP contribution in [0.1, 0.15) is 16.8 Å². The fourth-order valence-electron chi connectivity index (χ4n) is 4.33. The summed E-state index contributed by atoms with van der Waals surface area (Å²) < 4.78 is 22.3. The van der Waals surface area contributed by atoms with Crippen molar-refractivity contribution in [3.8, 4) is 17.3 Å². The van der Waals surface area contributed by atoms with Gasteiger partial charge in [-0.3, -0.25) is 4.79 Å². The van der Waals surface area contributed by atoms with Crippen LogP contribution in [-0.4, -0.2) is 58.4 Å². The van der Waals surface area contributed by atoms with E-state index in [9.17, 15) is 9.18 Å². The van der Waals surface area contributed by atoms with Gasteiger partial charge in [-0.1, -0.05) is 0 Å². The van der Waals surface area contributed by atoms with Crippen LogP contribution in [0.5, 0.6) is 5.75 Å². The predicted molar refractivity (Wildman–Crippen MR) is 129 cm³/mol. The smallest absolute Gasteiger partial charge is 0.259 e. The molecule has 0 aliphatic carbocycles. The lowest BCUT2D eigenvalue weighted by Gasteiger charge is -2.24. The molecule has 5 rings (SSSR count). The van der Waals surface area contributed by atoms with Gasteiger partial charge in [0.2, 0.25) is 0 Å². The summed E-state index contributed by atoms with van der Waals surface area (Å²) in [5.74, 6) is 1.08. The van der Waals surface area contributed by atoms with E-state index in [1.165, 1.54) is 12.1 Å². The quantitative estimate of drug-likeness (QED) is 0.450. The van der Waals surface area contributed by atoms with E-state index in [-0.39, 0.29) is 11.7 Å². The van der Waals surface area contributed by atoms with Gasteiger partial charge in [0, 0.05) is 44.3 Å². The minimum absolute atomic E-state index is 0.0614. The molecule has 2 aromatic carbocycles. The van der Waals surface area contributed by atoms with Crippen molar-refractivity contribution in [2.75, 3.05) is 38.2 Å². The van der Waals surface area contributed by atoms with E-state index in [4.69, 9.17) is 4.74 Å². The van der Waals surface area contributed by atoms with Gasteiger partial charge in [-0.05, 0) is 67.1 Å². The van der Waals surface area contributed by atoms with Gasteiger partial charge >= 0.3 is 0 Å². The monoisotopic (exact) mass is 459 g/mol. The summed E-state index contributed by atoms with van der Waals surface area (Å²) in [4.78, 5) is 17.8. The number of benzene rings is 2. The third-order valence-electron chi connectivity index (χ3n) is 6.12. The lowest BCUT2D eigenvalue weighted by molar-refractivity contribution is 0.0767. The van der Waals surface area contributed by atoms with E-state index in [1.807, 2.05) is 58.3 Å². The minimum Gasteiger partial charge on any atom is -0.497 e. The van der Waals surface area contributed by atoms with Crippen LogP contribution < -0.4 is 9.64 Å². The number of nitrogens with zero attached hydrogens (tertiary/aromatic N) is 5. The van der Waals surface area contributed by atoms with Crippen LogP contribution in [0.4, 0.5) is 10.1 Å². The molecule has 8 heteroatoms. The Morgan fingerprint density at radius 3 is 2.32 bits per heavy atom. The summed E-state index contributed by atoms with van der Waals surface area (Å²) in [5, 5.41) is 4.49. The number of halogens is 1. The first kappa shape index (κ1) is 21.8. The molecule has 0 bridgehead atoms. The molecule has 1 amide bonds. The Bertz CT molecular complexity index is 1250. The normalized spacial score (nSPS) is 14.2. The molecule has 7 nitrogen and oxygen atoms in total. The van der Waals surface area contributed by atoms with Crippen molar-refractivity contribution < 1.29 is 13.9 Å². The van der Waals surface area contributed by atoms with Gasteiger partial charge in [-0.15, -0.1) is 0 Å². The average Bonchev–Trinajstić information content (AvgIpc) is 3.49. The Hall–Kier alpha value is -4.07. The molecule has 4 aromatic rings. The van der Waals surface area contributed by atoms with E-state index in [0.717, 1.165) is 30.9 Å². The van der Waals surface area contributed by atoms with Crippen LogP contribution in [0.15, 0.2) is 79.3 Å². The summed E-state index contributed by atoms with van der Waals surface area (Å²) in [5.41, 5.74) is 2.32. The first-order chi connectivity index (χ1) is 16.6. The molecule has 2 aromatic heterocycles. The molecule has 0 N–H and O–H groups in total. The minimum atomic E-state index is -0.319. The van der Waals surface area contributed by atoms with Gasteiger partial charge in [0.05, 0.1) is 19.0 Å². The number of rotatable bonds is 5. The second-order valence-corrected chi connectivity index (χ2v) is 8.19. The second-order valence-electron chi connectivity index (χ2n) is 8.19. The fraction of sp³-hybridized carbons (Fsp3) is 0.231. The zero-order valence-corrected chi connectivity index (χ0v) is 19.0. The van der Waals surface area contributed by atoms with Crippen LogP contribution >= 0.6 is 0 Å². The van der Waals surface area contributed by atoms with E-state index in [0.29, 0.717) is 30.2 Å². The van der Waals surface area contributed by atoms with Crippen molar-refractivity contribution in [2.24, 2.45) is 0 Å². The molecule has 1 fully saturated rings.